The van der Waals surface area contributed by atoms with E-state index in [0.29, 0.717) is 5.56 Å². The van der Waals surface area contributed by atoms with Crippen LogP contribution >= 0.6 is 0 Å². The molecule has 0 spiro atoms. The van der Waals surface area contributed by atoms with Gasteiger partial charge in [-0.2, -0.15) is 0 Å². The van der Waals surface area contributed by atoms with Crippen molar-refractivity contribution in [2.75, 3.05) is 13.2 Å². The fourth-order valence-corrected chi connectivity index (χ4v) is 2.05. The molecule has 3 N–H and O–H groups in total. The SMILES string of the molecule is CC(NCC(C)(C)CCCO)c1ccc(O)cc1F. The summed E-state index contributed by atoms with van der Waals surface area (Å²) in [4.78, 5) is 0. The Bertz CT molecular complexity index is 407. The molecule has 1 aromatic carbocycles. The van der Waals surface area contributed by atoms with Crippen molar-refractivity contribution in [3.63, 3.8) is 0 Å². The second kappa shape index (κ2) is 6.87. The minimum Gasteiger partial charge on any atom is -0.508 e. The van der Waals surface area contributed by atoms with Crippen molar-refractivity contribution in [2.45, 2.75) is 39.7 Å². The molecule has 1 aromatic rings. The third-order valence-electron chi connectivity index (χ3n) is 3.35. The summed E-state index contributed by atoms with van der Waals surface area (Å²) in [6, 6.07) is 4.11. The van der Waals surface area contributed by atoms with E-state index in [4.69, 9.17) is 5.11 Å². The average molecular weight is 269 g/mol. The predicted octanol–water partition coefficient (Wildman–Crippen LogP) is 2.98. The Labute approximate surface area is 114 Å². The van der Waals surface area contributed by atoms with Crippen molar-refractivity contribution < 1.29 is 14.6 Å². The zero-order valence-corrected chi connectivity index (χ0v) is 11.9. The van der Waals surface area contributed by atoms with Gasteiger partial charge in [0.2, 0.25) is 0 Å². The maximum absolute atomic E-state index is 13.7. The first kappa shape index (κ1) is 15.9. The second-order valence-corrected chi connectivity index (χ2v) is 5.80. The van der Waals surface area contributed by atoms with Gasteiger partial charge in [-0.05, 0) is 31.2 Å². The molecule has 0 radical (unpaired) electrons. The van der Waals surface area contributed by atoms with E-state index in [1.807, 2.05) is 6.92 Å². The van der Waals surface area contributed by atoms with Crippen molar-refractivity contribution in [3.05, 3.63) is 29.6 Å². The van der Waals surface area contributed by atoms with Crippen LogP contribution in [0.1, 0.15) is 45.2 Å². The molecule has 0 aliphatic rings. The maximum Gasteiger partial charge on any atom is 0.131 e. The van der Waals surface area contributed by atoms with Crippen molar-refractivity contribution in [3.8, 4) is 5.75 Å². The number of aliphatic hydroxyl groups is 1. The van der Waals surface area contributed by atoms with Crippen molar-refractivity contribution >= 4 is 0 Å². The van der Waals surface area contributed by atoms with E-state index < -0.39 is 5.82 Å². The molecule has 1 rings (SSSR count). The lowest BCUT2D eigenvalue weighted by Gasteiger charge is -2.27. The molecule has 0 aromatic heterocycles. The molecule has 0 fully saturated rings. The van der Waals surface area contributed by atoms with Crippen LogP contribution in [0, 0.1) is 11.2 Å². The molecule has 0 heterocycles. The Morgan fingerprint density at radius 1 is 1.37 bits per heavy atom. The monoisotopic (exact) mass is 269 g/mol. The number of hydrogen-bond donors (Lipinski definition) is 3. The van der Waals surface area contributed by atoms with Gasteiger partial charge in [-0.25, -0.2) is 4.39 Å². The standard InChI is InChI=1S/C15H24FNO2/c1-11(13-6-5-12(19)9-14(13)16)17-10-15(2,3)7-4-8-18/h5-6,9,11,17-19H,4,7-8,10H2,1-3H3. The number of phenols is 1. The molecule has 0 amide bonds. The van der Waals surface area contributed by atoms with Crippen LogP contribution in [0.4, 0.5) is 4.39 Å². The van der Waals surface area contributed by atoms with E-state index in [9.17, 15) is 9.50 Å². The molecule has 1 unspecified atom stereocenters. The zero-order chi connectivity index (χ0) is 14.5. The molecule has 0 saturated carbocycles. The quantitative estimate of drug-likeness (QED) is 0.713. The highest BCUT2D eigenvalue weighted by molar-refractivity contribution is 5.29. The summed E-state index contributed by atoms with van der Waals surface area (Å²) in [6.07, 6.45) is 1.69. The van der Waals surface area contributed by atoms with Crippen LogP contribution in [0.25, 0.3) is 0 Å². The highest BCUT2D eigenvalue weighted by Gasteiger charge is 2.19. The number of benzene rings is 1. The lowest BCUT2D eigenvalue weighted by Crippen LogP contribution is -2.31. The summed E-state index contributed by atoms with van der Waals surface area (Å²) < 4.78 is 13.7. The molecular weight excluding hydrogens is 245 g/mol. The van der Waals surface area contributed by atoms with E-state index in [1.165, 1.54) is 6.07 Å². The topological polar surface area (TPSA) is 52.5 Å². The number of rotatable bonds is 7. The van der Waals surface area contributed by atoms with E-state index in [1.54, 1.807) is 6.07 Å². The molecule has 19 heavy (non-hydrogen) atoms. The van der Waals surface area contributed by atoms with Crippen LogP contribution in [-0.2, 0) is 0 Å². The normalized spacial score (nSPS) is 13.5. The molecular formula is C15H24FNO2. The molecule has 4 heteroatoms. The second-order valence-electron chi connectivity index (χ2n) is 5.80. The van der Waals surface area contributed by atoms with E-state index in [0.717, 1.165) is 25.5 Å². The number of phenolic OH excluding ortho intramolecular Hbond substituents is 1. The summed E-state index contributed by atoms with van der Waals surface area (Å²) >= 11 is 0. The zero-order valence-electron chi connectivity index (χ0n) is 11.9. The first-order valence-corrected chi connectivity index (χ1v) is 6.68. The summed E-state index contributed by atoms with van der Waals surface area (Å²) in [6.45, 7) is 7.09. The van der Waals surface area contributed by atoms with Crippen LogP contribution in [-0.4, -0.2) is 23.4 Å². The Morgan fingerprint density at radius 3 is 2.63 bits per heavy atom. The third kappa shape index (κ3) is 5.17. The van der Waals surface area contributed by atoms with Crippen LogP contribution in [0.15, 0.2) is 18.2 Å². The lowest BCUT2D eigenvalue weighted by molar-refractivity contribution is 0.232. The summed E-state index contributed by atoms with van der Waals surface area (Å²) in [5, 5.41) is 21.4. The van der Waals surface area contributed by atoms with Gasteiger partial charge in [0.1, 0.15) is 11.6 Å². The molecule has 0 saturated heterocycles. The maximum atomic E-state index is 13.7. The van der Waals surface area contributed by atoms with Crippen LogP contribution < -0.4 is 5.32 Å². The number of halogens is 1. The predicted molar refractivity (Wildman–Crippen MR) is 74.6 cm³/mol. The van der Waals surface area contributed by atoms with Crippen LogP contribution in [0.5, 0.6) is 5.75 Å². The number of aliphatic hydroxyl groups excluding tert-OH is 1. The van der Waals surface area contributed by atoms with Gasteiger partial charge < -0.3 is 15.5 Å². The van der Waals surface area contributed by atoms with Gasteiger partial charge in [0, 0.05) is 30.8 Å². The molecule has 0 aliphatic heterocycles. The Morgan fingerprint density at radius 2 is 2.05 bits per heavy atom. The fourth-order valence-electron chi connectivity index (χ4n) is 2.05. The van der Waals surface area contributed by atoms with Crippen molar-refractivity contribution in [1.29, 1.82) is 0 Å². The fraction of sp³-hybridized carbons (Fsp3) is 0.600. The van der Waals surface area contributed by atoms with Crippen molar-refractivity contribution in [2.24, 2.45) is 5.41 Å². The van der Waals surface area contributed by atoms with Gasteiger partial charge in [-0.15, -0.1) is 0 Å². The summed E-state index contributed by atoms with van der Waals surface area (Å²) in [7, 11) is 0. The van der Waals surface area contributed by atoms with Gasteiger partial charge in [-0.3, -0.25) is 0 Å². The molecule has 108 valence electrons. The number of nitrogens with one attached hydrogen (secondary N) is 1. The largest absolute Gasteiger partial charge is 0.508 e. The first-order valence-electron chi connectivity index (χ1n) is 6.68. The average Bonchev–Trinajstić information content (AvgIpc) is 2.34. The van der Waals surface area contributed by atoms with Gasteiger partial charge in [0.25, 0.3) is 0 Å². The molecule has 0 bridgehead atoms. The summed E-state index contributed by atoms with van der Waals surface area (Å²) in [5.74, 6) is -0.454. The minimum atomic E-state index is -0.395. The van der Waals surface area contributed by atoms with Crippen LogP contribution in [0.2, 0.25) is 0 Å². The highest BCUT2D eigenvalue weighted by Crippen LogP contribution is 2.24. The lowest BCUT2D eigenvalue weighted by atomic mass is 9.87. The number of hydrogen-bond acceptors (Lipinski definition) is 3. The van der Waals surface area contributed by atoms with Gasteiger partial charge >= 0.3 is 0 Å². The number of aromatic hydroxyl groups is 1. The van der Waals surface area contributed by atoms with E-state index >= 15 is 0 Å². The van der Waals surface area contributed by atoms with Crippen molar-refractivity contribution in [1.82, 2.24) is 5.32 Å². The minimum absolute atomic E-state index is 0.0586. The van der Waals surface area contributed by atoms with Gasteiger partial charge in [0.15, 0.2) is 0 Å². The summed E-state index contributed by atoms with van der Waals surface area (Å²) in [5.41, 5.74) is 0.612. The van der Waals surface area contributed by atoms with E-state index in [-0.39, 0.29) is 23.8 Å². The third-order valence-corrected chi connectivity index (χ3v) is 3.35. The van der Waals surface area contributed by atoms with Gasteiger partial charge in [0.05, 0.1) is 0 Å². The van der Waals surface area contributed by atoms with E-state index in [2.05, 4.69) is 19.2 Å². The highest BCUT2D eigenvalue weighted by atomic mass is 19.1. The van der Waals surface area contributed by atoms with Gasteiger partial charge in [-0.1, -0.05) is 19.9 Å². The van der Waals surface area contributed by atoms with Crippen LogP contribution in [0.3, 0.4) is 0 Å². The molecule has 3 nitrogen and oxygen atoms in total. The Kier molecular flexibility index (Phi) is 5.76. The Hall–Kier alpha value is -1.13. The first-order chi connectivity index (χ1) is 8.85. The smallest absolute Gasteiger partial charge is 0.131 e. The Balaban J connectivity index is 2.57. The molecule has 1 atom stereocenters. The molecule has 0 aliphatic carbocycles.